The molecule has 0 saturated carbocycles. The van der Waals surface area contributed by atoms with Gasteiger partial charge in [0.15, 0.2) is 0 Å². The first-order valence-electron chi connectivity index (χ1n) is 9.07. The molecular formula is C22H19FN2O4S. The summed E-state index contributed by atoms with van der Waals surface area (Å²) in [6.45, 7) is 0.196. The molecule has 0 spiro atoms. The fourth-order valence-corrected chi connectivity index (χ4v) is 3.50. The minimum atomic E-state index is -0.392. The SMILES string of the molecule is COc1ccc(/C=C2\SC(=O)N(CCNC(=O)/C=C/c3ccc(F)cc3)C2=O)cc1. The van der Waals surface area contributed by atoms with Crippen molar-refractivity contribution < 1.29 is 23.5 Å². The maximum absolute atomic E-state index is 12.9. The molecule has 1 saturated heterocycles. The summed E-state index contributed by atoms with van der Waals surface area (Å²) in [5.74, 6) is -0.420. The molecule has 0 bridgehead atoms. The second kappa shape index (κ2) is 9.89. The van der Waals surface area contributed by atoms with E-state index in [1.807, 2.05) is 0 Å². The Kier molecular flexibility index (Phi) is 7.03. The van der Waals surface area contributed by atoms with Crippen LogP contribution >= 0.6 is 11.8 Å². The van der Waals surface area contributed by atoms with E-state index in [0.29, 0.717) is 16.2 Å². The Labute approximate surface area is 177 Å². The van der Waals surface area contributed by atoms with Crippen LogP contribution in [0.25, 0.3) is 12.2 Å². The normalized spacial score (nSPS) is 15.3. The van der Waals surface area contributed by atoms with Gasteiger partial charge in [-0.15, -0.1) is 0 Å². The largest absolute Gasteiger partial charge is 0.497 e. The van der Waals surface area contributed by atoms with Crippen LogP contribution in [0.1, 0.15) is 11.1 Å². The van der Waals surface area contributed by atoms with Crippen molar-refractivity contribution in [1.29, 1.82) is 0 Å². The third kappa shape index (κ3) is 5.57. The molecule has 3 rings (SSSR count). The number of halogens is 1. The first-order valence-corrected chi connectivity index (χ1v) is 9.89. The third-order valence-electron chi connectivity index (χ3n) is 4.22. The molecule has 30 heavy (non-hydrogen) atoms. The molecule has 0 unspecified atom stereocenters. The van der Waals surface area contributed by atoms with Crippen LogP contribution in [0.15, 0.2) is 59.5 Å². The highest BCUT2D eigenvalue weighted by Gasteiger charge is 2.34. The van der Waals surface area contributed by atoms with Crippen molar-refractivity contribution >= 4 is 41.0 Å². The predicted molar refractivity (Wildman–Crippen MR) is 114 cm³/mol. The van der Waals surface area contributed by atoms with E-state index in [1.165, 1.54) is 18.2 Å². The highest BCUT2D eigenvalue weighted by Crippen LogP contribution is 2.32. The summed E-state index contributed by atoms with van der Waals surface area (Å²) in [6, 6.07) is 12.8. The maximum Gasteiger partial charge on any atom is 0.293 e. The number of nitrogens with zero attached hydrogens (tertiary/aromatic N) is 1. The standard InChI is InChI=1S/C22H19FN2O4S/c1-29-18-9-4-16(5-10-18)14-19-21(27)25(22(28)30-19)13-12-24-20(26)11-6-15-2-7-17(23)8-3-15/h2-11,14H,12-13H2,1H3,(H,24,26)/b11-6+,19-14-. The molecule has 1 fully saturated rings. The average Bonchev–Trinajstić information content (AvgIpc) is 3.01. The second-order valence-electron chi connectivity index (χ2n) is 6.28. The Bertz CT molecular complexity index is 1000. The van der Waals surface area contributed by atoms with Gasteiger partial charge < -0.3 is 10.1 Å². The number of carbonyl (C=O) groups excluding carboxylic acids is 3. The van der Waals surface area contributed by atoms with Gasteiger partial charge in [0.2, 0.25) is 5.91 Å². The Morgan fingerprint density at radius 3 is 2.43 bits per heavy atom. The van der Waals surface area contributed by atoms with Gasteiger partial charge in [-0.05, 0) is 59.3 Å². The molecule has 1 aliphatic heterocycles. The number of amides is 3. The lowest BCUT2D eigenvalue weighted by molar-refractivity contribution is -0.123. The summed E-state index contributed by atoms with van der Waals surface area (Å²) in [5.41, 5.74) is 1.46. The number of hydrogen-bond donors (Lipinski definition) is 1. The Morgan fingerprint density at radius 1 is 1.10 bits per heavy atom. The zero-order valence-corrected chi connectivity index (χ0v) is 16.9. The van der Waals surface area contributed by atoms with Crippen molar-refractivity contribution in [3.63, 3.8) is 0 Å². The van der Waals surface area contributed by atoms with Gasteiger partial charge in [-0.2, -0.15) is 0 Å². The van der Waals surface area contributed by atoms with Crippen molar-refractivity contribution in [2.75, 3.05) is 20.2 Å². The molecule has 154 valence electrons. The number of nitrogens with one attached hydrogen (secondary N) is 1. The molecule has 0 atom stereocenters. The van der Waals surface area contributed by atoms with E-state index in [4.69, 9.17) is 4.74 Å². The van der Waals surface area contributed by atoms with Crippen LogP contribution < -0.4 is 10.1 Å². The summed E-state index contributed by atoms with van der Waals surface area (Å²) in [5, 5.41) is 2.24. The highest BCUT2D eigenvalue weighted by molar-refractivity contribution is 8.18. The lowest BCUT2D eigenvalue weighted by Crippen LogP contribution is -2.36. The summed E-state index contributed by atoms with van der Waals surface area (Å²) >= 11 is 0.864. The molecule has 0 radical (unpaired) electrons. The molecule has 6 nitrogen and oxygen atoms in total. The minimum absolute atomic E-state index is 0.0702. The smallest absolute Gasteiger partial charge is 0.293 e. The van der Waals surface area contributed by atoms with Crippen LogP contribution in [0.2, 0.25) is 0 Å². The van der Waals surface area contributed by atoms with E-state index < -0.39 is 5.91 Å². The molecule has 1 N–H and O–H groups in total. The van der Waals surface area contributed by atoms with E-state index in [-0.39, 0.29) is 30.1 Å². The van der Waals surface area contributed by atoms with Gasteiger partial charge in [0.1, 0.15) is 11.6 Å². The topological polar surface area (TPSA) is 75.7 Å². The summed E-state index contributed by atoms with van der Waals surface area (Å²) in [7, 11) is 1.57. The van der Waals surface area contributed by atoms with Crippen LogP contribution in [0.5, 0.6) is 5.75 Å². The van der Waals surface area contributed by atoms with E-state index >= 15 is 0 Å². The molecular weight excluding hydrogens is 407 g/mol. The molecule has 1 aliphatic rings. The Balaban J connectivity index is 1.52. The van der Waals surface area contributed by atoms with Gasteiger partial charge in [0.25, 0.3) is 11.1 Å². The summed E-state index contributed by atoms with van der Waals surface area (Å²) in [6.07, 6.45) is 4.51. The van der Waals surface area contributed by atoms with Crippen LogP contribution in [0.4, 0.5) is 9.18 Å². The number of imide groups is 1. The first-order chi connectivity index (χ1) is 14.5. The highest BCUT2D eigenvalue weighted by atomic mass is 32.2. The van der Waals surface area contributed by atoms with Gasteiger partial charge in [-0.25, -0.2) is 4.39 Å². The Hall–Kier alpha value is -3.39. The zero-order valence-electron chi connectivity index (χ0n) is 16.1. The minimum Gasteiger partial charge on any atom is -0.497 e. The van der Waals surface area contributed by atoms with E-state index in [2.05, 4.69) is 5.32 Å². The van der Waals surface area contributed by atoms with Gasteiger partial charge >= 0.3 is 0 Å². The van der Waals surface area contributed by atoms with Crippen molar-refractivity contribution in [2.45, 2.75) is 0 Å². The van der Waals surface area contributed by atoms with Crippen LogP contribution in [0.3, 0.4) is 0 Å². The van der Waals surface area contributed by atoms with Crippen molar-refractivity contribution in [2.24, 2.45) is 0 Å². The molecule has 0 aliphatic carbocycles. The third-order valence-corrected chi connectivity index (χ3v) is 5.13. The second-order valence-corrected chi connectivity index (χ2v) is 7.28. The lowest BCUT2D eigenvalue weighted by Gasteiger charge is -2.12. The van der Waals surface area contributed by atoms with Crippen molar-refractivity contribution in [3.8, 4) is 5.75 Å². The fraction of sp³-hybridized carbons (Fsp3) is 0.136. The summed E-state index contributed by atoms with van der Waals surface area (Å²) < 4.78 is 18.0. The van der Waals surface area contributed by atoms with Crippen LogP contribution in [-0.4, -0.2) is 42.2 Å². The van der Waals surface area contributed by atoms with E-state index in [1.54, 1.807) is 55.7 Å². The monoisotopic (exact) mass is 426 g/mol. The molecule has 8 heteroatoms. The number of ether oxygens (including phenoxy) is 1. The number of rotatable bonds is 7. The zero-order chi connectivity index (χ0) is 21.5. The quantitative estimate of drug-likeness (QED) is 0.684. The van der Waals surface area contributed by atoms with E-state index in [0.717, 1.165) is 22.2 Å². The van der Waals surface area contributed by atoms with Crippen molar-refractivity contribution in [3.05, 3.63) is 76.5 Å². The summed E-state index contributed by atoms with van der Waals surface area (Å²) in [4.78, 5) is 38.0. The predicted octanol–water partition coefficient (Wildman–Crippen LogP) is 3.70. The average molecular weight is 426 g/mol. The molecule has 2 aromatic rings. The lowest BCUT2D eigenvalue weighted by atomic mass is 10.2. The van der Waals surface area contributed by atoms with Crippen LogP contribution in [-0.2, 0) is 9.59 Å². The number of benzene rings is 2. The van der Waals surface area contributed by atoms with E-state index in [9.17, 15) is 18.8 Å². The van der Waals surface area contributed by atoms with Gasteiger partial charge in [-0.3, -0.25) is 19.3 Å². The number of methoxy groups -OCH3 is 1. The number of carbonyl (C=O) groups is 3. The Morgan fingerprint density at radius 2 is 1.77 bits per heavy atom. The number of thioether (sulfide) groups is 1. The maximum atomic E-state index is 12.9. The molecule has 1 heterocycles. The van der Waals surface area contributed by atoms with Crippen LogP contribution in [0, 0.1) is 5.82 Å². The van der Waals surface area contributed by atoms with Crippen molar-refractivity contribution in [1.82, 2.24) is 10.2 Å². The molecule has 2 aromatic carbocycles. The van der Waals surface area contributed by atoms with Gasteiger partial charge in [0.05, 0.1) is 12.0 Å². The first kappa shape index (κ1) is 21.3. The molecule has 0 aromatic heterocycles. The molecule has 3 amide bonds. The van der Waals surface area contributed by atoms with Gasteiger partial charge in [0, 0.05) is 19.2 Å². The number of hydrogen-bond acceptors (Lipinski definition) is 5. The fourth-order valence-electron chi connectivity index (χ4n) is 2.64. The van der Waals surface area contributed by atoms with Gasteiger partial charge in [-0.1, -0.05) is 24.3 Å².